The molecule has 0 heterocycles. The van der Waals surface area contributed by atoms with Crippen LogP contribution in [0, 0.1) is 0 Å². The van der Waals surface area contributed by atoms with Crippen LogP contribution in [0.5, 0.6) is 0 Å². The molecule has 0 saturated carbocycles. The summed E-state index contributed by atoms with van der Waals surface area (Å²) in [6, 6.07) is 0.202. The van der Waals surface area contributed by atoms with Crippen LogP contribution in [-0.2, 0) is 9.47 Å². The fourth-order valence-corrected chi connectivity index (χ4v) is 1.55. The Balaban J connectivity index is 2.50. The fourth-order valence-electron chi connectivity index (χ4n) is 1.55. The lowest BCUT2D eigenvalue weighted by Gasteiger charge is -2.23. The molecule has 1 aliphatic rings. The van der Waals surface area contributed by atoms with Gasteiger partial charge in [0, 0.05) is 20.8 Å². The first-order valence-electron chi connectivity index (χ1n) is 4.41. The fraction of sp³-hybridized carbons (Fsp3) is 0.600. The van der Waals surface area contributed by atoms with Crippen LogP contribution in [0.15, 0.2) is 24.8 Å². The molecule has 3 heteroatoms. The monoisotopic (exact) mass is 183 g/mol. The molecule has 0 aromatic rings. The molecule has 0 radical (unpaired) electrons. The zero-order valence-corrected chi connectivity index (χ0v) is 8.19. The Labute approximate surface area is 79.4 Å². The van der Waals surface area contributed by atoms with Gasteiger partial charge in [0.15, 0.2) is 0 Å². The zero-order chi connectivity index (χ0) is 9.68. The summed E-state index contributed by atoms with van der Waals surface area (Å²) in [7, 11) is 3.41. The van der Waals surface area contributed by atoms with Crippen LogP contribution in [0.25, 0.3) is 0 Å². The molecule has 3 nitrogen and oxygen atoms in total. The van der Waals surface area contributed by atoms with Gasteiger partial charge in [0.25, 0.3) is 0 Å². The van der Waals surface area contributed by atoms with Gasteiger partial charge in [-0.3, -0.25) is 0 Å². The normalized spacial score (nSPS) is 32.3. The van der Waals surface area contributed by atoms with E-state index in [2.05, 4.69) is 11.9 Å². The second-order valence-corrected chi connectivity index (χ2v) is 3.01. The molecule has 1 rings (SSSR count). The highest BCUT2D eigenvalue weighted by molar-refractivity contribution is 5.13. The standard InChI is InChI=1S/C10H17NO2/c1-4-7-11-10-8(12-2)5-6-9(10)13-3/h4-6,8-11H,1,7H2,2-3H3/t8-,9+,10?. The van der Waals surface area contributed by atoms with Crippen LogP contribution in [-0.4, -0.2) is 39.0 Å². The van der Waals surface area contributed by atoms with Gasteiger partial charge in [-0.05, 0) is 0 Å². The highest BCUT2D eigenvalue weighted by Gasteiger charge is 2.30. The largest absolute Gasteiger partial charge is 0.376 e. The number of ether oxygens (including phenoxy) is 2. The average molecular weight is 183 g/mol. The predicted molar refractivity (Wildman–Crippen MR) is 52.7 cm³/mol. The second-order valence-electron chi connectivity index (χ2n) is 3.01. The number of hydrogen-bond acceptors (Lipinski definition) is 3. The molecule has 0 bridgehead atoms. The van der Waals surface area contributed by atoms with Crippen molar-refractivity contribution >= 4 is 0 Å². The highest BCUT2D eigenvalue weighted by Crippen LogP contribution is 2.16. The Kier molecular flexibility index (Phi) is 4.15. The van der Waals surface area contributed by atoms with Crippen molar-refractivity contribution in [1.29, 1.82) is 0 Å². The van der Waals surface area contributed by atoms with Gasteiger partial charge < -0.3 is 14.8 Å². The Morgan fingerprint density at radius 1 is 1.31 bits per heavy atom. The van der Waals surface area contributed by atoms with Gasteiger partial charge in [-0.25, -0.2) is 0 Å². The molecule has 0 aromatic carbocycles. The molecular weight excluding hydrogens is 166 g/mol. The van der Waals surface area contributed by atoms with Crippen molar-refractivity contribution in [2.45, 2.75) is 18.2 Å². The summed E-state index contributed by atoms with van der Waals surface area (Å²) in [6.45, 7) is 4.43. The smallest absolute Gasteiger partial charge is 0.0934 e. The van der Waals surface area contributed by atoms with Gasteiger partial charge in [0.1, 0.15) is 0 Å². The van der Waals surface area contributed by atoms with E-state index in [-0.39, 0.29) is 18.2 Å². The molecule has 1 unspecified atom stereocenters. The molecule has 0 spiro atoms. The molecule has 13 heavy (non-hydrogen) atoms. The van der Waals surface area contributed by atoms with Gasteiger partial charge in [-0.2, -0.15) is 0 Å². The van der Waals surface area contributed by atoms with Crippen LogP contribution in [0.3, 0.4) is 0 Å². The van der Waals surface area contributed by atoms with Crippen molar-refractivity contribution < 1.29 is 9.47 Å². The molecule has 0 aromatic heterocycles. The van der Waals surface area contributed by atoms with E-state index >= 15 is 0 Å². The third kappa shape index (κ3) is 2.40. The topological polar surface area (TPSA) is 30.5 Å². The second kappa shape index (κ2) is 5.17. The summed E-state index contributed by atoms with van der Waals surface area (Å²) < 4.78 is 10.6. The SMILES string of the molecule is C=CCNC1[C@@H](OC)C=C[C@H]1OC. The molecule has 0 aliphatic heterocycles. The molecule has 74 valence electrons. The lowest BCUT2D eigenvalue weighted by Crippen LogP contribution is -2.45. The van der Waals surface area contributed by atoms with Gasteiger partial charge in [0.05, 0.1) is 18.2 Å². The van der Waals surface area contributed by atoms with E-state index < -0.39 is 0 Å². The Hall–Kier alpha value is -0.640. The first-order chi connectivity index (χ1) is 6.33. The minimum atomic E-state index is 0.102. The summed E-state index contributed by atoms with van der Waals surface area (Å²) >= 11 is 0. The number of methoxy groups -OCH3 is 2. The van der Waals surface area contributed by atoms with Gasteiger partial charge in [-0.1, -0.05) is 18.2 Å². The Morgan fingerprint density at radius 3 is 2.23 bits per heavy atom. The van der Waals surface area contributed by atoms with Crippen LogP contribution in [0.4, 0.5) is 0 Å². The summed E-state index contributed by atoms with van der Waals surface area (Å²) in [5, 5.41) is 3.30. The number of hydrogen-bond donors (Lipinski definition) is 1. The van der Waals surface area contributed by atoms with E-state index in [1.165, 1.54) is 0 Å². The van der Waals surface area contributed by atoms with Crippen LogP contribution in [0.1, 0.15) is 0 Å². The average Bonchev–Trinajstić information content (AvgIpc) is 2.56. The van der Waals surface area contributed by atoms with Gasteiger partial charge in [-0.15, -0.1) is 6.58 Å². The maximum Gasteiger partial charge on any atom is 0.0934 e. The summed E-state index contributed by atoms with van der Waals surface area (Å²) in [5.74, 6) is 0. The maximum absolute atomic E-state index is 5.29. The first-order valence-corrected chi connectivity index (χ1v) is 4.41. The van der Waals surface area contributed by atoms with Crippen molar-refractivity contribution in [3.8, 4) is 0 Å². The van der Waals surface area contributed by atoms with Crippen molar-refractivity contribution in [3.63, 3.8) is 0 Å². The Morgan fingerprint density at radius 2 is 1.85 bits per heavy atom. The lowest BCUT2D eigenvalue weighted by molar-refractivity contribution is 0.0469. The first kappa shape index (κ1) is 10.4. The van der Waals surface area contributed by atoms with Gasteiger partial charge >= 0.3 is 0 Å². The van der Waals surface area contributed by atoms with Crippen molar-refractivity contribution in [2.24, 2.45) is 0 Å². The maximum atomic E-state index is 5.29. The molecule has 1 aliphatic carbocycles. The van der Waals surface area contributed by atoms with E-state index in [1.807, 2.05) is 18.2 Å². The van der Waals surface area contributed by atoms with E-state index in [9.17, 15) is 0 Å². The molecular formula is C10H17NO2. The molecule has 3 atom stereocenters. The molecule has 1 N–H and O–H groups in total. The molecule has 0 fully saturated rings. The van der Waals surface area contributed by atoms with E-state index in [0.717, 1.165) is 6.54 Å². The van der Waals surface area contributed by atoms with Crippen molar-refractivity contribution in [1.82, 2.24) is 5.32 Å². The quantitative estimate of drug-likeness (QED) is 0.637. The predicted octanol–water partition coefficient (Wildman–Crippen LogP) is 0.730. The van der Waals surface area contributed by atoms with Crippen LogP contribution in [0.2, 0.25) is 0 Å². The number of rotatable bonds is 5. The van der Waals surface area contributed by atoms with Crippen molar-refractivity contribution in [3.05, 3.63) is 24.8 Å². The minimum absolute atomic E-state index is 0.102. The highest BCUT2D eigenvalue weighted by atomic mass is 16.5. The van der Waals surface area contributed by atoms with Crippen molar-refractivity contribution in [2.75, 3.05) is 20.8 Å². The molecule has 0 saturated heterocycles. The van der Waals surface area contributed by atoms with Crippen LogP contribution < -0.4 is 5.32 Å². The number of nitrogens with one attached hydrogen (secondary N) is 1. The summed E-state index contributed by atoms with van der Waals surface area (Å²) in [4.78, 5) is 0. The lowest BCUT2D eigenvalue weighted by atomic mass is 10.1. The Bertz CT molecular complexity index is 177. The van der Waals surface area contributed by atoms with E-state index in [4.69, 9.17) is 9.47 Å². The van der Waals surface area contributed by atoms with E-state index in [0.29, 0.717) is 0 Å². The summed E-state index contributed by atoms with van der Waals surface area (Å²) in [6.07, 6.45) is 6.08. The third-order valence-electron chi connectivity index (χ3n) is 2.24. The van der Waals surface area contributed by atoms with E-state index in [1.54, 1.807) is 14.2 Å². The van der Waals surface area contributed by atoms with Crippen LogP contribution >= 0.6 is 0 Å². The van der Waals surface area contributed by atoms with Gasteiger partial charge in [0.2, 0.25) is 0 Å². The minimum Gasteiger partial charge on any atom is -0.376 e. The molecule has 0 amide bonds. The summed E-state index contributed by atoms with van der Waals surface area (Å²) in [5.41, 5.74) is 0. The zero-order valence-electron chi connectivity index (χ0n) is 8.19. The third-order valence-corrected chi connectivity index (χ3v) is 2.24.